The number of H-pyrrole nitrogens is 1. The van der Waals surface area contributed by atoms with Gasteiger partial charge in [0.25, 0.3) is 5.56 Å². The number of methoxy groups -OCH3 is 1. The normalized spacial score (nSPS) is 10.3. The molecule has 0 unspecified atom stereocenters. The molecule has 1 heterocycles. The lowest BCUT2D eigenvalue weighted by molar-refractivity contribution is 0.0599. The molecular formula is C15H14BrNO3. The molecule has 0 saturated heterocycles. The Kier molecular flexibility index (Phi) is 4.39. The van der Waals surface area contributed by atoms with E-state index in [0.717, 1.165) is 10.0 Å². The zero-order valence-electron chi connectivity index (χ0n) is 11.2. The van der Waals surface area contributed by atoms with Crippen LogP contribution in [-0.2, 0) is 11.2 Å². The third-order valence-electron chi connectivity index (χ3n) is 3.00. The van der Waals surface area contributed by atoms with Crippen LogP contribution in [0.5, 0.6) is 0 Å². The van der Waals surface area contributed by atoms with Gasteiger partial charge in [-0.25, -0.2) is 4.79 Å². The molecule has 0 aliphatic carbocycles. The summed E-state index contributed by atoms with van der Waals surface area (Å²) in [6, 6.07) is 9.30. The summed E-state index contributed by atoms with van der Waals surface area (Å²) in [6.45, 7) is 1.68. The van der Waals surface area contributed by atoms with Crippen molar-refractivity contribution >= 4 is 21.9 Å². The van der Waals surface area contributed by atoms with Gasteiger partial charge in [-0.3, -0.25) is 4.79 Å². The van der Waals surface area contributed by atoms with Crippen LogP contribution in [0.1, 0.15) is 27.2 Å². The summed E-state index contributed by atoms with van der Waals surface area (Å²) in [6.07, 6.45) is 0.457. The van der Waals surface area contributed by atoms with E-state index in [1.165, 1.54) is 7.11 Å². The Balaban J connectivity index is 2.42. The molecule has 0 saturated carbocycles. The minimum absolute atomic E-state index is 0.185. The van der Waals surface area contributed by atoms with Crippen molar-refractivity contribution in [2.75, 3.05) is 7.11 Å². The lowest BCUT2D eigenvalue weighted by Crippen LogP contribution is -2.18. The van der Waals surface area contributed by atoms with E-state index in [2.05, 4.69) is 20.9 Å². The first-order chi connectivity index (χ1) is 9.51. The Morgan fingerprint density at radius 1 is 1.35 bits per heavy atom. The fourth-order valence-corrected chi connectivity index (χ4v) is 2.43. The molecule has 2 aromatic rings. The Morgan fingerprint density at radius 2 is 2.10 bits per heavy atom. The zero-order chi connectivity index (χ0) is 14.7. The number of hydrogen-bond acceptors (Lipinski definition) is 3. The standard InChI is InChI=1S/C15H14BrNO3/c1-9-13(15(19)20-2)8-11(14(18)17-9)6-10-4-3-5-12(16)7-10/h3-5,7-8H,6H2,1-2H3,(H,17,18). The number of carbonyl (C=O) groups excluding carboxylic acids is 1. The largest absolute Gasteiger partial charge is 0.465 e. The first-order valence-corrected chi connectivity index (χ1v) is 6.86. The molecule has 0 radical (unpaired) electrons. The monoisotopic (exact) mass is 335 g/mol. The number of carbonyl (C=O) groups is 1. The van der Waals surface area contributed by atoms with Crippen molar-refractivity contribution in [2.45, 2.75) is 13.3 Å². The van der Waals surface area contributed by atoms with Crippen LogP contribution < -0.4 is 5.56 Å². The van der Waals surface area contributed by atoms with E-state index in [-0.39, 0.29) is 5.56 Å². The average molecular weight is 336 g/mol. The predicted octanol–water partition coefficient (Wildman–Crippen LogP) is 2.82. The molecule has 0 aliphatic rings. The smallest absolute Gasteiger partial charge is 0.339 e. The Hall–Kier alpha value is -1.88. The molecular weight excluding hydrogens is 322 g/mol. The van der Waals surface area contributed by atoms with Crippen LogP contribution >= 0.6 is 15.9 Å². The van der Waals surface area contributed by atoms with E-state index >= 15 is 0 Å². The summed E-state index contributed by atoms with van der Waals surface area (Å²) >= 11 is 3.39. The number of nitrogens with one attached hydrogen (secondary N) is 1. The topological polar surface area (TPSA) is 59.2 Å². The van der Waals surface area contributed by atoms with Gasteiger partial charge in [-0.2, -0.15) is 0 Å². The van der Waals surface area contributed by atoms with Crippen molar-refractivity contribution in [1.29, 1.82) is 0 Å². The van der Waals surface area contributed by atoms with Crippen molar-refractivity contribution in [3.8, 4) is 0 Å². The quantitative estimate of drug-likeness (QED) is 0.877. The van der Waals surface area contributed by atoms with Crippen LogP contribution in [0.4, 0.5) is 0 Å². The van der Waals surface area contributed by atoms with Gasteiger partial charge in [0.2, 0.25) is 0 Å². The van der Waals surface area contributed by atoms with E-state index in [4.69, 9.17) is 4.74 Å². The Bertz CT molecular complexity index is 707. The zero-order valence-corrected chi connectivity index (χ0v) is 12.8. The lowest BCUT2D eigenvalue weighted by atomic mass is 10.0. The number of hydrogen-bond donors (Lipinski definition) is 1. The molecule has 5 heteroatoms. The third-order valence-corrected chi connectivity index (χ3v) is 3.50. The van der Waals surface area contributed by atoms with Crippen molar-refractivity contribution in [3.05, 3.63) is 67.5 Å². The maximum Gasteiger partial charge on any atom is 0.339 e. The van der Waals surface area contributed by atoms with E-state index in [1.54, 1.807) is 13.0 Å². The van der Waals surface area contributed by atoms with Crippen molar-refractivity contribution < 1.29 is 9.53 Å². The lowest BCUT2D eigenvalue weighted by Gasteiger charge is -2.07. The van der Waals surface area contributed by atoms with Gasteiger partial charge in [-0.15, -0.1) is 0 Å². The number of benzene rings is 1. The summed E-state index contributed by atoms with van der Waals surface area (Å²) < 4.78 is 5.66. The molecule has 4 nitrogen and oxygen atoms in total. The molecule has 0 bridgehead atoms. The van der Waals surface area contributed by atoms with Crippen LogP contribution in [0.2, 0.25) is 0 Å². The summed E-state index contributed by atoms with van der Waals surface area (Å²) in [7, 11) is 1.32. The highest BCUT2D eigenvalue weighted by atomic mass is 79.9. The summed E-state index contributed by atoms with van der Waals surface area (Å²) in [4.78, 5) is 26.3. The predicted molar refractivity (Wildman–Crippen MR) is 80.1 cm³/mol. The number of pyridine rings is 1. The molecule has 1 aromatic heterocycles. The van der Waals surface area contributed by atoms with Crippen molar-refractivity contribution in [2.24, 2.45) is 0 Å². The molecule has 0 fully saturated rings. The van der Waals surface area contributed by atoms with Gasteiger partial charge in [-0.05, 0) is 30.7 Å². The third kappa shape index (κ3) is 3.17. The van der Waals surface area contributed by atoms with Gasteiger partial charge in [0, 0.05) is 22.2 Å². The highest BCUT2D eigenvalue weighted by molar-refractivity contribution is 9.10. The first kappa shape index (κ1) is 14.5. The molecule has 104 valence electrons. The number of aromatic amines is 1. The molecule has 0 spiro atoms. The number of aromatic nitrogens is 1. The van der Waals surface area contributed by atoms with Gasteiger partial charge in [0.15, 0.2) is 0 Å². The number of aryl methyl sites for hydroxylation is 1. The molecule has 0 aliphatic heterocycles. The highest BCUT2D eigenvalue weighted by Gasteiger charge is 2.13. The molecule has 0 atom stereocenters. The first-order valence-electron chi connectivity index (χ1n) is 6.07. The van der Waals surface area contributed by atoms with Crippen LogP contribution in [-0.4, -0.2) is 18.1 Å². The van der Waals surface area contributed by atoms with E-state index < -0.39 is 5.97 Å². The van der Waals surface area contributed by atoms with Crippen LogP contribution in [0.15, 0.2) is 39.6 Å². The van der Waals surface area contributed by atoms with Crippen LogP contribution in [0.3, 0.4) is 0 Å². The van der Waals surface area contributed by atoms with Crippen molar-refractivity contribution in [3.63, 3.8) is 0 Å². The minimum Gasteiger partial charge on any atom is -0.465 e. The second-order valence-corrected chi connectivity index (χ2v) is 5.38. The number of esters is 1. The number of halogens is 1. The summed E-state index contributed by atoms with van der Waals surface area (Å²) in [5.74, 6) is -0.450. The molecule has 2 rings (SSSR count). The van der Waals surface area contributed by atoms with Gasteiger partial charge < -0.3 is 9.72 Å². The fourth-order valence-electron chi connectivity index (χ4n) is 1.99. The summed E-state index contributed by atoms with van der Waals surface area (Å²) in [5, 5.41) is 0. The van der Waals surface area contributed by atoms with Crippen molar-refractivity contribution in [1.82, 2.24) is 4.98 Å². The second-order valence-electron chi connectivity index (χ2n) is 4.46. The fraction of sp³-hybridized carbons (Fsp3) is 0.200. The number of rotatable bonds is 3. The van der Waals surface area contributed by atoms with Gasteiger partial charge >= 0.3 is 5.97 Å². The summed E-state index contributed by atoms with van der Waals surface area (Å²) in [5.41, 5.74) is 2.24. The van der Waals surface area contributed by atoms with E-state index in [1.807, 2.05) is 24.3 Å². The maximum atomic E-state index is 12.0. The van der Waals surface area contributed by atoms with Gasteiger partial charge in [0.05, 0.1) is 12.7 Å². The SMILES string of the molecule is COC(=O)c1cc(Cc2cccc(Br)c2)c(=O)[nH]c1C. The molecule has 1 aromatic carbocycles. The van der Waals surface area contributed by atoms with Gasteiger partial charge in [-0.1, -0.05) is 28.1 Å². The highest BCUT2D eigenvalue weighted by Crippen LogP contribution is 2.15. The Labute approximate surface area is 124 Å². The van der Waals surface area contributed by atoms with E-state index in [0.29, 0.717) is 23.2 Å². The van der Waals surface area contributed by atoms with E-state index in [9.17, 15) is 9.59 Å². The molecule has 1 N–H and O–H groups in total. The van der Waals surface area contributed by atoms with Gasteiger partial charge in [0.1, 0.15) is 0 Å². The molecule has 0 amide bonds. The average Bonchev–Trinajstić information content (AvgIpc) is 2.41. The number of ether oxygens (including phenoxy) is 1. The minimum atomic E-state index is -0.450. The van der Waals surface area contributed by atoms with Crippen LogP contribution in [0.25, 0.3) is 0 Å². The van der Waals surface area contributed by atoms with Crippen LogP contribution in [0, 0.1) is 6.92 Å². The Morgan fingerprint density at radius 3 is 2.75 bits per heavy atom. The second kappa shape index (κ2) is 6.05. The maximum absolute atomic E-state index is 12.0. The molecule has 20 heavy (non-hydrogen) atoms.